The van der Waals surface area contributed by atoms with Crippen molar-refractivity contribution in [2.75, 3.05) is 20.2 Å². The van der Waals surface area contributed by atoms with E-state index in [0.717, 1.165) is 4.90 Å². The maximum Gasteiger partial charge on any atom is 0.258 e. The van der Waals surface area contributed by atoms with Crippen LogP contribution in [0.4, 0.5) is 0 Å². The maximum atomic E-state index is 12.2. The zero-order valence-electron chi connectivity index (χ0n) is 10.2. The molecule has 1 aromatic rings. The van der Waals surface area contributed by atoms with Gasteiger partial charge in [0, 0.05) is 0 Å². The summed E-state index contributed by atoms with van der Waals surface area (Å²) < 4.78 is 4.96. The van der Waals surface area contributed by atoms with Gasteiger partial charge in [-0.2, -0.15) is 0 Å². The first-order chi connectivity index (χ1) is 9.01. The quantitative estimate of drug-likeness (QED) is 0.702. The molecule has 0 bridgehead atoms. The molecule has 1 saturated heterocycles. The number of benzene rings is 1. The van der Waals surface area contributed by atoms with Gasteiger partial charge in [-0.3, -0.25) is 19.7 Å². The van der Waals surface area contributed by atoms with Crippen molar-refractivity contribution in [3.8, 4) is 11.5 Å². The van der Waals surface area contributed by atoms with Crippen molar-refractivity contribution >= 4 is 17.7 Å². The SMILES string of the molecule is COc1ccc(O)c(C(=O)N2CC(=O)NC(=O)C2)c1. The van der Waals surface area contributed by atoms with Crippen LogP contribution in [0, 0.1) is 0 Å². The molecule has 19 heavy (non-hydrogen) atoms. The number of carbonyl (C=O) groups excluding carboxylic acids is 3. The van der Waals surface area contributed by atoms with Gasteiger partial charge in [0.2, 0.25) is 11.8 Å². The summed E-state index contributed by atoms with van der Waals surface area (Å²) in [6, 6.07) is 4.17. The molecule has 2 N–H and O–H groups in total. The lowest BCUT2D eigenvalue weighted by Crippen LogP contribution is -2.53. The highest BCUT2D eigenvalue weighted by Crippen LogP contribution is 2.24. The van der Waals surface area contributed by atoms with Crippen molar-refractivity contribution in [1.29, 1.82) is 0 Å². The van der Waals surface area contributed by atoms with Crippen LogP contribution in [0.3, 0.4) is 0 Å². The van der Waals surface area contributed by atoms with Gasteiger partial charge in [-0.1, -0.05) is 0 Å². The van der Waals surface area contributed by atoms with Crippen molar-refractivity contribution in [3.05, 3.63) is 23.8 Å². The van der Waals surface area contributed by atoms with Crippen LogP contribution in [0.15, 0.2) is 18.2 Å². The fourth-order valence-corrected chi connectivity index (χ4v) is 1.76. The van der Waals surface area contributed by atoms with E-state index in [9.17, 15) is 19.5 Å². The van der Waals surface area contributed by atoms with Crippen LogP contribution < -0.4 is 10.1 Å². The van der Waals surface area contributed by atoms with E-state index in [1.54, 1.807) is 0 Å². The normalized spacial score (nSPS) is 15.1. The summed E-state index contributed by atoms with van der Waals surface area (Å²) in [7, 11) is 1.43. The highest BCUT2D eigenvalue weighted by atomic mass is 16.5. The Kier molecular flexibility index (Phi) is 3.37. The molecule has 0 spiro atoms. The second-order valence-corrected chi connectivity index (χ2v) is 4.02. The summed E-state index contributed by atoms with van der Waals surface area (Å²) in [5.74, 6) is -1.53. The zero-order valence-corrected chi connectivity index (χ0v) is 10.2. The number of hydrogen-bond acceptors (Lipinski definition) is 5. The van der Waals surface area contributed by atoms with Crippen molar-refractivity contribution < 1.29 is 24.2 Å². The molecule has 0 aromatic heterocycles. The lowest BCUT2D eigenvalue weighted by Gasteiger charge is -2.25. The first kappa shape index (κ1) is 12.9. The van der Waals surface area contributed by atoms with Crippen molar-refractivity contribution in [3.63, 3.8) is 0 Å². The van der Waals surface area contributed by atoms with Gasteiger partial charge < -0.3 is 14.7 Å². The number of phenols is 1. The van der Waals surface area contributed by atoms with Crippen molar-refractivity contribution in [2.24, 2.45) is 0 Å². The minimum absolute atomic E-state index is 0.0122. The Bertz CT molecular complexity index is 539. The van der Waals surface area contributed by atoms with E-state index >= 15 is 0 Å². The summed E-state index contributed by atoms with van der Waals surface area (Å²) in [4.78, 5) is 35.7. The Morgan fingerprint density at radius 2 is 1.95 bits per heavy atom. The van der Waals surface area contributed by atoms with Gasteiger partial charge in [-0.15, -0.1) is 0 Å². The molecule has 1 aliphatic heterocycles. The molecule has 1 fully saturated rings. The van der Waals surface area contributed by atoms with Gasteiger partial charge >= 0.3 is 0 Å². The van der Waals surface area contributed by atoms with Crippen LogP contribution in [-0.4, -0.2) is 47.9 Å². The van der Waals surface area contributed by atoms with Gasteiger partial charge in [0.15, 0.2) is 0 Å². The lowest BCUT2D eigenvalue weighted by molar-refractivity contribution is -0.135. The number of aromatic hydroxyl groups is 1. The molecule has 0 unspecified atom stereocenters. The zero-order chi connectivity index (χ0) is 14.0. The molecule has 3 amide bonds. The first-order valence-electron chi connectivity index (χ1n) is 5.50. The fourth-order valence-electron chi connectivity index (χ4n) is 1.76. The molecule has 0 radical (unpaired) electrons. The van der Waals surface area contributed by atoms with E-state index in [1.807, 2.05) is 0 Å². The summed E-state index contributed by atoms with van der Waals surface area (Å²) in [5.41, 5.74) is -0.0122. The third-order valence-corrected chi connectivity index (χ3v) is 2.67. The third kappa shape index (κ3) is 2.65. The standard InChI is InChI=1S/C12H12N2O5/c1-19-7-2-3-9(15)8(4-7)12(18)14-5-10(16)13-11(17)6-14/h2-4,15H,5-6H2,1H3,(H,13,16,17). The van der Waals surface area contributed by atoms with Crippen LogP contribution in [0.25, 0.3) is 0 Å². The topological polar surface area (TPSA) is 95.9 Å². The number of nitrogens with one attached hydrogen (secondary N) is 1. The molecule has 1 heterocycles. The number of imide groups is 1. The van der Waals surface area contributed by atoms with Gasteiger partial charge in [0.1, 0.15) is 24.6 Å². The van der Waals surface area contributed by atoms with Crippen LogP contribution in [0.1, 0.15) is 10.4 Å². The predicted octanol–water partition coefficient (Wildman–Crippen LogP) is -0.501. The summed E-state index contributed by atoms with van der Waals surface area (Å²) >= 11 is 0. The van der Waals surface area contributed by atoms with E-state index in [2.05, 4.69) is 5.32 Å². The summed E-state index contributed by atoms with van der Waals surface area (Å²) in [5, 5.41) is 11.8. The number of nitrogens with zero attached hydrogens (tertiary/aromatic N) is 1. The molecular weight excluding hydrogens is 252 g/mol. The van der Waals surface area contributed by atoms with E-state index in [-0.39, 0.29) is 24.4 Å². The minimum Gasteiger partial charge on any atom is -0.507 e. The Morgan fingerprint density at radius 3 is 2.53 bits per heavy atom. The lowest BCUT2D eigenvalue weighted by atomic mass is 10.1. The number of carbonyl (C=O) groups is 3. The molecular formula is C12H12N2O5. The highest BCUT2D eigenvalue weighted by Gasteiger charge is 2.28. The first-order valence-corrected chi connectivity index (χ1v) is 5.50. The fraction of sp³-hybridized carbons (Fsp3) is 0.250. The maximum absolute atomic E-state index is 12.2. The van der Waals surface area contributed by atoms with E-state index in [1.165, 1.54) is 25.3 Å². The largest absolute Gasteiger partial charge is 0.507 e. The molecule has 1 aliphatic rings. The molecule has 0 saturated carbocycles. The monoisotopic (exact) mass is 264 g/mol. The van der Waals surface area contributed by atoms with Crippen LogP contribution in [0.5, 0.6) is 11.5 Å². The van der Waals surface area contributed by atoms with Crippen LogP contribution >= 0.6 is 0 Å². The Morgan fingerprint density at radius 1 is 1.32 bits per heavy atom. The average molecular weight is 264 g/mol. The van der Waals surface area contributed by atoms with Gasteiger partial charge in [-0.25, -0.2) is 0 Å². The second-order valence-electron chi connectivity index (χ2n) is 4.02. The number of hydrogen-bond donors (Lipinski definition) is 2. The molecule has 1 aromatic carbocycles. The van der Waals surface area contributed by atoms with Crippen molar-refractivity contribution in [1.82, 2.24) is 10.2 Å². The molecule has 0 aliphatic carbocycles. The Balaban J connectivity index is 2.28. The molecule has 100 valence electrons. The molecule has 2 rings (SSSR count). The summed E-state index contributed by atoms with van der Waals surface area (Å²) in [6.07, 6.45) is 0. The van der Waals surface area contributed by atoms with Gasteiger partial charge in [-0.05, 0) is 18.2 Å². The van der Waals surface area contributed by atoms with Gasteiger partial charge in [0.05, 0.1) is 12.7 Å². The number of methoxy groups -OCH3 is 1. The summed E-state index contributed by atoms with van der Waals surface area (Å²) in [6.45, 7) is -0.442. The van der Waals surface area contributed by atoms with E-state index < -0.39 is 17.7 Å². The minimum atomic E-state index is -0.598. The molecule has 0 atom stereocenters. The Hall–Kier alpha value is -2.57. The predicted molar refractivity (Wildman–Crippen MR) is 63.7 cm³/mol. The van der Waals surface area contributed by atoms with Crippen molar-refractivity contribution in [2.45, 2.75) is 0 Å². The number of ether oxygens (including phenoxy) is 1. The molecule has 7 nitrogen and oxygen atoms in total. The molecule has 7 heteroatoms. The number of rotatable bonds is 2. The number of piperazine rings is 1. The highest BCUT2D eigenvalue weighted by molar-refractivity contribution is 6.06. The average Bonchev–Trinajstić information content (AvgIpc) is 2.37. The van der Waals surface area contributed by atoms with E-state index in [0.29, 0.717) is 5.75 Å². The Labute approximate surface area is 108 Å². The van der Waals surface area contributed by atoms with Crippen LogP contribution in [0.2, 0.25) is 0 Å². The van der Waals surface area contributed by atoms with E-state index in [4.69, 9.17) is 4.74 Å². The number of phenolic OH excluding ortho intramolecular Hbond substituents is 1. The number of amides is 3. The second kappa shape index (κ2) is 4.97. The smallest absolute Gasteiger partial charge is 0.258 e. The van der Waals surface area contributed by atoms with Crippen LogP contribution in [-0.2, 0) is 9.59 Å². The van der Waals surface area contributed by atoms with Gasteiger partial charge in [0.25, 0.3) is 5.91 Å². The third-order valence-electron chi connectivity index (χ3n) is 2.67.